The summed E-state index contributed by atoms with van der Waals surface area (Å²) in [6.45, 7) is 1.70. The molecule has 116 valence electrons. The number of rotatable bonds is 2. The summed E-state index contributed by atoms with van der Waals surface area (Å²) in [5.41, 5.74) is 4.41. The second kappa shape index (κ2) is 6.03. The summed E-state index contributed by atoms with van der Waals surface area (Å²) in [5, 5.41) is 11.8. The number of hydrogen-bond acceptors (Lipinski definition) is 3. The maximum atomic E-state index is 12.4. The van der Waals surface area contributed by atoms with Crippen LogP contribution in [0.1, 0.15) is 22.4 Å². The summed E-state index contributed by atoms with van der Waals surface area (Å²) in [6, 6.07) is 5.56. The van der Waals surface area contributed by atoms with E-state index in [0.717, 1.165) is 22.4 Å². The van der Waals surface area contributed by atoms with E-state index < -0.39 is 0 Å². The molecule has 1 aliphatic heterocycles. The number of aromatic nitrogens is 1. The highest BCUT2D eigenvalue weighted by Gasteiger charge is 2.27. The fraction of sp³-hybridized carbons (Fsp3) is 0.167. The zero-order valence-electron chi connectivity index (χ0n) is 12.9. The minimum atomic E-state index is -0.228. The quantitative estimate of drug-likeness (QED) is 0.588. The highest BCUT2D eigenvalue weighted by molar-refractivity contribution is 6.35. The van der Waals surface area contributed by atoms with Crippen LogP contribution in [0, 0.1) is 18.8 Å². The van der Waals surface area contributed by atoms with Gasteiger partial charge >= 0.3 is 0 Å². The van der Waals surface area contributed by atoms with Crippen LogP contribution in [0.15, 0.2) is 24.4 Å². The lowest BCUT2D eigenvalue weighted by Gasteiger charge is -2.06. The Kier molecular flexibility index (Phi) is 3.92. The molecule has 0 fully saturated rings. The van der Waals surface area contributed by atoms with Crippen LogP contribution >= 0.6 is 0 Å². The molecule has 23 heavy (non-hydrogen) atoms. The van der Waals surface area contributed by atoms with Gasteiger partial charge in [0.1, 0.15) is 12.4 Å². The van der Waals surface area contributed by atoms with E-state index in [9.17, 15) is 4.79 Å². The zero-order chi connectivity index (χ0) is 16.4. The number of anilines is 1. The summed E-state index contributed by atoms with van der Waals surface area (Å²) >= 11 is 0. The number of hydrogen-bond donors (Lipinski definition) is 3. The number of H-pyrrole nitrogens is 1. The number of fused-ring (bicyclic) bond motifs is 1. The molecule has 0 atom stereocenters. The molecule has 3 N–H and O–H groups in total. The average molecular weight is 308 g/mol. The Hall–Kier alpha value is -2.97. The highest BCUT2D eigenvalue weighted by Crippen LogP contribution is 2.37. The Morgan fingerprint density at radius 2 is 2.17 bits per heavy atom. The molecular formula is C18H16N2O3. The van der Waals surface area contributed by atoms with Crippen LogP contribution in [0.4, 0.5) is 5.69 Å². The number of aliphatic hydroxyl groups excluding tert-OH is 1. The first-order valence-corrected chi connectivity index (χ1v) is 7.13. The van der Waals surface area contributed by atoms with Crippen molar-refractivity contribution in [2.24, 2.45) is 0 Å². The standard InChI is InChI=1S/C18H16N2O3/c1-11-5-6-14-17(12(11)4-3-9-21)13(18(22)20-14)10-15-16(23-2)7-8-19-15/h5-8,10,19,21H,9H2,1-2H3,(H,20,22)/b13-10-. The predicted octanol–water partition coefficient (Wildman–Crippen LogP) is 2.17. The van der Waals surface area contributed by atoms with Crippen LogP contribution < -0.4 is 10.1 Å². The van der Waals surface area contributed by atoms with Gasteiger partial charge in [-0.2, -0.15) is 0 Å². The van der Waals surface area contributed by atoms with Gasteiger partial charge in [0.15, 0.2) is 0 Å². The lowest BCUT2D eigenvalue weighted by atomic mass is 9.96. The smallest absolute Gasteiger partial charge is 0.256 e. The largest absolute Gasteiger partial charge is 0.495 e. The molecular weight excluding hydrogens is 292 g/mol. The molecule has 5 nitrogen and oxygen atoms in total. The van der Waals surface area contributed by atoms with Gasteiger partial charge in [-0.3, -0.25) is 4.79 Å². The highest BCUT2D eigenvalue weighted by atomic mass is 16.5. The Balaban J connectivity index is 2.20. The summed E-state index contributed by atoms with van der Waals surface area (Å²) in [7, 11) is 1.58. The Morgan fingerprint density at radius 3 is 2.91 bits per heavy atom. The van der Waals surface area contributed by atoms with E-state index in [1.54, 1.807) is 25.4 Å². The second-order valence-electron chi connectivity index (χ2n) is 5.11. The van der Waals surface area contributed by atoms with E-state index in [1.807, 2.05) is 19.1 Å². The minimum absolute atomic E-state index is 0.186. The van der Waals surface area contributed by atoms with Crippen LogP contribution in [0.3, 0.4) is 0 Å². The molecule has 0 bridgehead atoms. The number of nitrogens with one attached hydrogen (secondary N) is 2. The number of methoxy groups -OCH3 is 1. The van der Waals surface area contributed by atoms with Gasteiger partial charge in [-0.1, -0.05) is 17.9 Å². The van der Waals surface area contributed by atoms with Crippen molar-refractivity contribution in [2.45, 2.75) is 6.92 Å². The molecule has 1 aromatic heterocycles. The third kappa shape index (κ3) is 2.60. The fourth-order valence-corrected chi connectivity index (χ4v) is 2.62. The van der Waals surface area contributed by atoms with Crippen molar-refractivity contribution in [1.29, 1.82) is 0 Å². The Labute approximate surface area is 134 Å². The van der Waals surface area contributed by atoms with Crippen molar-refractivity contribution in [3.8, 4) is 17.6 Å². The molecule has 0 radical (unpaired) electrons. The topological polar surface area (TPSA) is 74.4 Å². The summed E-state index contributed by atoms with van der Waals surface area (Å²) in [4.78, 5) is 15.4. The van der Waals surface area contributed by atoms with Gasteiger partial charge in [-0.05, 0) is 30.7 Å². The van der Waals surface area contributed by atoms with Crippen molar-refractivity contribution in [2.75, 3.05) is 19.0 Å². The van der Waals surface area contributed by atoms with Crippen LogP contribution in [-0.4, -0.2) is 29.7 Å². The van der Waals surface area contributed by atoms with Crippen LogP contribution in [-0.2, 0) is 4.79 Å². The number of aryl methyl sites for hydroxylation is 1. The van der Waals surface area contributed by atoms with Gasteiger partial charge in [0.2, 0.25) is 0 Å². The van der Waals surface area contributed by atoms with E-state index in [1.165, 1.54) is 0 Å². The first-order chi connectivity index (χ1) is 11.2. The van der Waals surface area contributed by atoms with Crippen molar-refractivity contribution >= 4 is 23.2 Å². The van der Waals surface area contributed by atoms with E-state index >= 15 is 0 Å². The number of carbonyl (C=O) groups excluding carboxylic acids is 1. The number of aromatic amines is 1. The van der Waals surface area contributed by atoms with E-state index in [-0.39, 0.29) is 12.5 Å². The van der Waals surface area contributed by atoms with E-state index in [0.29, 0.717) is 17.0 Å². The number of ether oxygens (including phenoxy) is 1. The lowest BCUT2D eigenvalue weighted by molar-refractivity contribution is -0.110. The van der Waals surface area contributed by atoms with Crippen LogP contribution in [0.25, 0.3) is 11.6 Å². The van der Waals surface area contributed by atoms with Crippen molar-refractivity contribution < 1.29 is 14.6 Å². The van der Waals surface area contributed by atoms with Gasteiger partial charge in [0, 0.05) is 17.3 Å². The molecule has 1 amide bonds. The van der Waals surface area contributed by atoms with Gasteiger partial charge in [0.05, 0.1) is 24.1 Å². The summed E-state index contributed by atoms with van der Waals surface area (Å²) < 4.78 is 5.27. The van der Waals surface area contributed by atoms with E-state index in [4.69, 9.17) is 9.84 Å². The number of benzene rings is 1. The second-order valence-corrected chi connectivity index (χ2v) is 5.11. The van der Waals surface area contributed by atoms with Crippen LogP contribution in [0.5, 0.6) is 5.75 Å². The number of aliphatic hydroxyl groups is 1. The predicted molar refractivity (Wildman–Crippen MR) is 89.0 cm³/mol. The lowest BCUT2D eigenvalue weighted by Crippen LogP contribution is -2.03. The van der Waals surface area contributed by atoms with Crippen molar-refractivity contribution in [3.05, 3.63) is 46.8 Å². The molecule has 0 saturated carbocycles. The van der Waals surface area contributed by atoms with Gasteiger partial charge < -0.3 is 20.1 Å². The summed E-state index contributed by atoms with van der Waals surface area (Å²) in [5.74, 6) is 6.08. The third-order valence-electron chi connectivity index (χ3n) is 3.72. The minimum Gasteiger partial charge on any atom is -0.495 e. The molecule has 0 spiro atoms. The maximum absolute atomic E-state index is 12.4. The average Bonchev–Trinajstić information content (AvgIpc) is 3.12. The third-order valence-corrected chi connectivity index (χ3v) is 3.72. The SMILES string of the molecule is COc1cc[nH]c1/C=C1\C(=O)Nc2ccc(C)c(C#CCO)c21. The molecule has 0 aliphatic carbocycles. The zero-order valence-corrected chi connectivity index (χ0v) is 12.9. The van der Waals surface area contributed by atoms with Gasteiger partial charge in [0.25, 0.3) is 5.91 Å². The molecule has 1 aromatic carbocycles. The monoisotopic (exact) mass is 308 g/mol. The maximum Gasteiger partial charge on any atom is 0.256 e. The van der Waals surface area contributed by atoms with Gasteiger partial charge in [-0.15, -0.1) is 0 Å². The van der Waals surface area contributed by atoms with Gasteiger partial charge in [-0.25, -0.2) is 0 Å². The van der Waals surface area contributed by atoms with E-state index in [2.05, 4.69) is 22.1 Å². The fourth-order valence-electron chi connectivity index (χ4n) is 2.62. The Bertz CT molecular complexity index is 866. The van der Waals surface area contributed by atoms with Crippen molar-refractivity contribution in [3.63, 3.8) is 0 Å². The first kappa shape index (κ1) is 14.9. The first-order valence-electron chi connectivity index (χ1n) is 7.13. The molecule has 0 saturated heterocycles. The molecule has 1 aliphatic rings. The molecule has 0 unspecified atom stereocenters. The number of carbonyl (C=O) groups is 1. The number of amides is 1. The summed E-state index contributed by atoms with van der Waals surface area (Å²) in [6.07, 6.45) is 3.51. The Morgan fingerprint density at radius 1 is 1.35 bits per heavy atom. The molecule has 2 aromatic rings. The van der Waals surface area contributed by atoms with Crippen LogP contribution in [0.2, 0.25) is 0 Å². The molecule has 5 heteroatoms. The van der Waals surface area contributed by atoms with Crippen molar-refractivity contribution in [1.82, 2.24) is 4.98 Å². The molecule has 3 rings (SSSR count). The molecule has 2 heterocycles. The normalized spacial score (nSPS) is 14.2.